The molecule has 0 saturated heterocycles. The van der Waals surface area contributed by atoms with E-state index in [-0.39, 0.29) is 24.9 Å². The van der Waals surface area contributed by atoms with Gasteiger partial charge >= 0.3 is 5.97 Å². The Balaban J connectivity index is 1.40. The molecule has 6 nitrogen and oxygen atoms in total. The number of para-hydroxylation sites is 1. The Bertz CT molecular complexity index is 1060. The molecule has 0 radical (unpaired) electrons. The van der Waals surface area contributed by atoms with E-state index in [1.54, 1.807) is 0 Å². The minimum Gasteiger partial charge on any atom is -0.455 e. The van der Waals surface area contributed by atoms with Crippen LogP contribution >= 0.6 is 0 Å². The number of rotatable bonds is 5. The third-order valence-electron chi connectivity index (χ3n) is 4.22. The van der Waals surface area contributed by atoms with Crippen molar-refractivity contribution >= 4 is 16.9 Å². The van der Waals surface area contributed by atoms with Gasteiger partial charge in [-0.3, -0.25) is 4.79 Å². The lowest BCUT2D eigenvalue weighted by Crippen LogP contribution is -2.07. The number of carbonyl (C=O) groups is 1. The number of aromatic amines is 1. The first-order valence-corrected chi connectivity index (χ1v) is 8.30. The van der Waals surface area contributed by atoms with E-state index in [9.17, 15) is 4.79 Å². The average Bonchev–Trinajstić information content (AvgIpc) is 3.28. The summed E-state index contributed by atoms with van der Waals surface area (Å²) in [6, 6.07) is 15.6. The number of hydrogen-bond donors (Lipinski definition) is 1. The van der Waals surface area contributed by atoms with E-state index < -0.39 is 0 Å². The molecule has 2 aromatic carbocycles. The number of esters is 1. The van der Waals surface area contributed by atoms with Gasteiger partial charge in [0.2, 0.25) is 5.82 Å². The number of nitrogens with zero attached hydrogens (tertiary/aromatic N) is 2. The van der Waals surface area contributed by atoms with Crippen molar-refractivity contribution in [2.75, 3.05) is 0 Å². The van der Waals surface area contributed by atoms with Crippen LogP contribution in [0.15, 0.2) is 59.3 Å². The normalized spacial score (nSPS) is 11.0. The van der Waals surface area contributed by atoms with Gasteiger partial charge in [0.05, 0.1) is 6.42 Å². The van der Waals surface area contributed by atoms with Gasteiger partial charge in [0.15, 0.2) is 6.61 Å². The average molecular weight is 347 g/mol. The second kappa shape index (κ2) is 6.84. The fraction of sp³-hybridized carbons (Fsp3) is 0.150. The lowest BCUT2D eigenvalue weighted by Gasteiger charge is -2.01. The van der Waals surface area contributed by atoms with Gasteiger partial charge in [0.25, 0.3) is 5.89 Å². The monoisotopic (exact) mass is 347 g/mol. The van der Waals surface area contributed by atoms with E-state index in [1.807, 2.05) is 61.7 Å². The molecule has 0 fully saturated rings. The zero-order valence-electron chi connectivity index (χ0n) is 14.2. The van der Waals surface area contributed by atoms with Gasteiger partial charge in [0, 0.05) is 22.7 Å². The summed E-state index contributed by atoms with van der Waals surface area (Å²) < 4.78 is 10.5. The molecule has 0 bridgehead atoms. The Hall–Kier alpha value is -3.41. The third-order valence-corrected chi connectivity index (χ3v) is 4.22. The zero-order valence-corrected chi connectivity index (χ0v) is 14.2. The Morgan fingerprint density at radius 3 is 2.85 bits per heavy atom. The van der Waals surface area contributed by atoms with Gasteiger partial charge in [-0.05, 0) is 24.1 Å². The Labute approximate surface area is 149 Å². The first-order valence-electron chi connectivity index (χ1n) is 8.30. The maximum Gasteiger partial charge on any atom is 0.310 e. The van der Waals surface area contributed by atoms with Crippen molar-refractivity contribution in [3.05, 3.63) is 71.7 Å². The van der Waals surface area contributed by atoms with Crippen molar-refractivity contribution < 1.29 is 14.1 Å². The molecule has 0 unspecified atom stereocenters. The molecule has 26 heavy (non-hydrogen) atoms. The molecule has 0 saturated carbocycles. The number of H-pyrrole nitrogens is 1. The Morgan fingerprint density at radius 2 is 1.96 bits per heavy atom. The topological polar surface area (TPSA) is 81.0 Å². The minimum atomic E-state index is -0.342. The lowest BCUT2D eigenvalue weighted by atomic mass is 10.1. The van der Waals surface area contributed by atoms with Crippen LogP contribution in [0.25, 0.3) is 22.3 Å². The molecule has 0 spiro atoms. The van der Waals surface area contributed by atoms with E-state index in [2.05, 4.69) is 15.1 Å². The molecule has 0 atom stereocenters. The van der Waals surface area contributed by atoms with Crippen LogP contribution in [0.5, 0.6) is 0 Å². The van der Waals surface area contributed by atoms with E-state index in [0.29, 0.717) is 5.82 Å². The maximum absolute atomic E-state index is 12.1. The number of ether oxygens (including phenoxy) is 1. The van der Waals surface area contributed by atoms with Gasteiger partial charge in [-0.1, -0.05) is 47.6 Å². The number of carbonyl (C=O) groups excluding carboxylic acids is 1. The predicted molar refractivity (Wildman–Crippen MR) is 96.3 cm³/mol. The van der Waals surface area contributed by atoms with E-state index in [0.717, 1.165) is 27.6 Å². The Morgan fingerprint density at radius 1 is 1.15 bits per heavy atom. The van der Waals surface area contributed by atoms with Gasteiger partial charge < -0.3 is 14.2 Å². The summed E-state index contributed by atoms with van der Waals surface area (Å²) in [5.41, 5.74) is 3.84. The molecule has 2 heterocycles. The molecule has 130 valence electrons. The molecular weight excluding hydrogens is 330 g/mol. The molecule has 1 N–H and O–H groups in total. The number of aryl methyl sites for hydroxylation is 1. The van der Waals surface area contributed by atoms with E-state index in [4.69, 9.17) is 9.26 Å². The van der Waals surface area contributed by atoms with Crippen LogP contribution in [0.2, 0.25) is 0 Å². The van der Waals surface area contributed by atoms with Crippen LogP contribution in [0.1, 0.15) is 17.0 Å². The number of benzene rings is 2. The van der Waals surface area contributed by atoms with Crippen molar-refractivity contribution in [2.24, 2.45) is 0 Å². The Kier molecular flexibility index (Phi) is 4.23. The second-order valence-corrected chi connectivity index (χ2v) is 6.02. The van der Waals surface area contributed by atoms with Crippen LogP contribution in [0.4, 0.5) is 0 Å². The molecule has 6 heteroatoms. The highest BCUT2D eigenvalue weighted by Crippen LogP contribution is 2.21. The van der Waals surface area contributed by atoms with Gasteiger partial charge in [-0.25, -0.2) is 0 Å². The van der Waals surface area contributed by atoms with Crippen LogP contribution in [0.3, 0.4) is 0 Å². The van der Waals surface area contributed by atoms with Crippen LogP contribution in [0, 0.1) is 6.92 Å². The van der Waals surface area contributed by atoms with Crippen molar-refractivity contribution in [1.82, 2.24) is 15.1 Å². The molecule has 0 aliphatic rings. The molecule has 0 aliphatic heterocycles. The molecule has 0 aliphatic carbocycles. The molecular formula is C20H17N3O3. The lowest BCUT2D eigenvalue weighted by molar-refractivity contribution is -0.144. The van der Waals surface area contributed by atoms with Gasteiger partial charge in [0.1, 0.15) is 0 Å². The van der Waals surface area contributed by atoms with Crippen LogP contribution in [-0.4, -0.2) is 21.1 Å². The molecule has 4 aromatic rings. The molecule has 2 aromatic heterocycles. The van der Waals surface area contributed by atoms with Crippen molar-refractivity contribution in [3.8, 4) is 11.4 Å². The highest BCUT2D eigenvalue weighted by molar-refractivity contribution is 5.87. The standard InChI is InChI=1S/C20H17N3O3/c1-13-6-2-3-7-15(13)20-22-18(26-23-20)12-25-19(24)10-14-11-21-17-9-5-4-8-16(14)17/h2-9,11,21H,10,12H2,1H3. The SMILES string of the molecule is Cc1ccccc1-c1noc(COC(=O)Cc2c[nH]c3ccccc23)n1. The van der Waals surface area contributed by atoms with Gasteiger partial charge in [-0.15, -0.1) is 0 Å². The number of fused-ring (bicyclic) bond motifs is 1. The van der Waals surface area contributed by atoms with Crippen molar-refractivity contribution in [3.63, 3.8) is 0 Å². The second-order valence-electron chi connectivity index (χ2n) is 6.02. The first-order chi connectivity index (χ1) is 12.7. The van der Waals surface area contributed by atoms with Crippen molar-refractivity contribution in [2.45, 2.75) is 20.0 Å². The third kappa shape index (κ3) is 3.21. The van der Waals surface area contributed by atoms with Crippen LogP contribution < -0.4 is 0 Å². The van der Waals surface area contributed by atoms with Crippen LogP contribution in [-0.2, 0) is 22.6 Å². The maximum atomic E-state index is 12.1. The molecule has 4 rings (SSSR count). The fourth-order valence-corrected chi connectivity index (χ4v) is 2.87. The summed E-state index contributed by atoms with van der Waals surface area (Å²) in [6.45, 7) is 1.94. The minimum absolute atomic E-state index is 0.0416. The largest absolute Gasteiger partial charge is 0.455 e. The van der Waals surface area contributed by atoms with E-state index >= 15 is 0 Å². The van der Waals surface area contributed by atoms with E-state index in [1.165, 1.54) is 0 Å². The number of aromatic nitrogens is 3. The summed E-state index contributed by atoms with van der Waals surface area (Å²) in [6.07, 6.45) is 2.01. The smallest absolute Gasteiger partial charge is 0.310 e. The summed E-state index contributed by atoms with van der Waals surface area (Å²) in [5.74, 6) is 0.423. The number of hydrogen-bond acceptors (Lipinski definition) is 5. The molecule has 0 amide bonds. The summed E-state index contributed by atoms with van der Waals surface area (Å²) in [7, 11) is 0. The quantitative estimate of drug-likeness (QED) is 0.555. The summed E-state index contributed by atoms with van der Waals surface area (Å²) in [5, 5.41) is 4.98. The highest BCUT2D eigenvalue weighted by atomic mass is 16.6. The zero-order chi connectivity index (χ0) is 17.9. The summed E-state index contributed by atoms with van der Waals surface area (Å²) in [4.78, 5) is 19.6. The fourth-order valence-electron chi connectivity index (χ4n) is 2.87. The highest BCUT2D eigenvalue weighted by Gasteiger charge is 2.14. The predicted octanol–water partition coefficient (Wildman–Crippen LogP) is 3.81. The first kappa shape index (κ1) is 16.1. The van der Waals surface area contributed by atoms with Crippen molar-refractivity contribution in [1.29, 1.82) is 0 Å². The number of nitrogens with one attached hydrogen (secondary N) is 1. The summed E-state index contributed by atoms with van der Waals surface area (Å²) >= 11 is 0. The van der Waals surface area contributed by atoms with Gasteiger partial charge in [-0.2, -0.15) is 4.98 Å².